The van der Waals surface area contributed by atoms with Crippen LogP contribution in [0.3, 0.4) is 0 Å². The average molecular weight is 284 g/mol. The van der Waals surface area contributed by atoms with Crippen LogP contribution in [-0.2, 0) is 5.54 Å². The molecule has 2 N–H and O–H groups in total. The Bertz CT molecular complexity index is 567. The van der Waals surface area contributed by atoms with Crippen LogP contribution in [0.2, 0.25) is 0 Å². The molecule has 2 aromatic rings. The van der Waals surface area contributed by atoms with Crippen LogP contribution in [0.1, 0.15) is 31.6 Å². The van der Waals surface area contributed by atoms with Gasteiger partial charge in [0.2, 0.25) is 11.7 Å². The topological polar surface area (TPSA) is 64.9 Å². The monoisotopic (exact) mass is 283 g/mol. The minimum atomic E-state index is -0.531. The third-order valence-corrected chi connectivity index (χ3v) is 3.46. The molecule has 1 aromatic carbocycles. The Kier molecular flexibility index (Phi) is 3.87. The molecule has 1 fully saturated rings. The summed E-state index contributed by atoms with van der Waals surface area (Å²) in [6.07, 6.45) is 3.81. The van der Waals surface area contributed by atoms with Gasteiger partial charge in [0.15, 0.2) is 0 Å². The number of rotatable bonds is 2. The highest BCUT2D eigenvalue weighted by molar-refractivity contribution is 5.85. The molecule has 0 aliphatic heterocycles. The summed E-state index contributed by atoms with van der Waals surface area (Å²) in [5.41, 5.74) is 6.03. The molecule has 0 saturated heterocycles. The Balaban J connectivity index is 0.00000133. The van der Waals surface area contributed by atoms with Crippen molar-refractivity contribution in [2.75, 3.05) is 0 Å². The van der Waals surface area contributed by atoms with Crippen molar-refractivity contribution in [2.45, 2.75) is 31.2 Å². The molecule has 1 aliphatic carbocycles. The Labute approximate surface area is 116 Å². The smallest absolute Gasteiger partial charge is 0.247 e. The zero-order chi connectivity index (χ0) is 12.6. The highest BCUT2D eigenvalue weighted by atomic mass is 35.5. The van der Waals surface area contributed by atoms with Gasteiger partial charge in [0.1, 0.15) is 5.82 Å². The minimum Gasteiger partial charge on any atom is -0.337 e. The Morgan fingerprint density at radius 3 is 2.58 bits per heavy atom. The van der Waals surface area contributed by atoms with E-state index in [4.69, 9.17) is 10.3 Å². The Morgan fingerprint density at radius 2 is 1.89 bits per heavy atom. The average Bonchev–Trinajstić information content (AvgIpc) is 2.99. The van der Waals surface area contributed by atoms with Crippen LogP contribution in [-0.4, -0.2) is 10.1 Å². The number of nitrogens with two attached hydrogens (primary N) is 1. The third-order valence-electron chi connectivity index (χ3n) is 3.46. The fraction of sp³-hybridized carbons (Fsp3) is 0.385. The lowest BCUT2D eigenvalue weighted by molar-refractivity contribution is 0.285. The zero-order valence-corrected chi connectivity index (χ0v) is 11.1. The summed E-state index contributed by atoms with van der Waals surface area (Å²) >= 11 is 0. The predicted octanol–water partition coefficient (Wildman–Crippen LogP) is 3.03. The molecular weight excluding hydrogens is 269 g/mol. The lowest BCUT2D eigenvalue weighted by atomic mass is 9.99. The Morgan fingerprint density at radius 1 is 1.21 bits per heavy atom. The quantitative estimate of drug-likeness (QED) is 0.920. The molecule has 1 heterocycles. The van der Waals surface area contributed by atoms with Crippen molar-refractivity contribution in [2.24, 2.45) is 5.73 Å². The predicted molar refractivity (Wildman–Crippen MR) is 71.3 cm³/mol. The van der Waals surface area contributed by atoms with Crippen LogP contribution in [0.15, 0.2) is 28.8 Å². The largest absolute Gasteiger partial charge is 0.337 e. The van der Waals surface area contributed by atoms with Gasteiger partial charge in [-0.25, -0.2) is 4.39 Å². The van der Waals surface area contributed by atoms with E-state index in [1.54, 1.807) is 18.2 Å². The van der Waals surface area contributed by atoms with Gasteiger partial charge < -0.3 is 10.3 Å². The van der Waals surface area contributed by atoms with Gasteiger partial charge in [-0.05, 0) is 25.0 Å². The summed E-state index contributed by atoms with van der Waals surface area (Å²) < 4.78 is 18.8. The summed E-state index contributed by atoms with van der Waals surface area (Å²) in [4.78, 5) is 4.25. The number of halogens is 2. The SMILES string of the molecule is Cl.NC1(c2nc(-c3ccccc3F)no2)CCCC1. The highest BCUT2D eigenvalue weighted by Gasteiger charge is 2.37. The molecule has 0 spiro atoms. The first-order chi connectivity index (χ1) is 8.69. The first-order valence-electron chi connectivity index (χ1n) is 6.07. The van der Waals surface area contributed by atoms with Crippen molar-refractivity contribution in [3.8, 4) is 11.4 Å². The van der Waals surface area contributed by atoms with E-state index in [1.807, 2.05) is 0 Å². The minimum absolute atomic E-state index is 0. The molecule has 1 saturated carbocycles. The molecule has 3 rings (SSSR count). The summed E-state index contributed by atoms with van der Waals surface area (Å²) in [5.74, 6) is 0.320. The number of nitrogens with zero attached hydrogens (tertiary/aromatic N) is 2. The van der Waals surface area contributed by atoms with Crippen molar-refractivity contribution >= 4 is 12.4 Å². The lowest BCUT2D eigenvalue weighted by Crippen LogP contribution is -2.33. The molecule has 0 atom stereocenters. The first kappa shape index (κ1) is 14.0. The first-order valence-corrected chi connectivity index (χ1v) is 6.07. The molecular formula is C13H15ClFN3O. The molecule has 6 heteroatoms. The number of hydrogen-bond acceptors (Lipinski definition) is 4. The van der Waals surface area contributed by atoms with Crippen LogP contribution < -0.4 is 5.73 Å². The second-order valence-corrected chi connectivity index (χ2v) is 4.77. The molecule has 0 amide bonds. The van der Waals surface area contributed by atoms with Gasteiger partial charge >= 0.3 is 0 Å². The van der Waals surface area contributed by atoms with Gasteiger partial charge in [-0.2, -0.15) is 4.98 Å². The van der Waals surface area contributed by atoms with E-state index in [2.05, 4.69) is 10.1 Å². The van der Waals surface area contributed by atoms with E-state index < -0.39 is 5.54 Å². The van der Waals surface area contributed by atoms with Crippen molar-refractivity contribution < 1.29 is 8.91 Å². The third kappa shape index (κ3) is 2.48. The Hall–Kier alpha value is -1.46. The van der Waals surface area contributed by atoms with E-state index >= 15 is 0 Å². The molecule has 0 unspecified atom stereocenters. The zero-order valence-electron chi connectivity index (χ0n) is 10.3. The second kappa shape index (κ2) is 5.27. The molecule has 4 nitrogen and oxygen atoms in total. The van der Waals surface area contributed by atoms with E-state index in [0.717, 1.165) is 25.7 Å². The molecule has 102 valence electrons. The maximum atomic E-state index is 13.6. The molecule has 0 bridgehead atoms. The highest BCUT2D eigenvalue weighted by Crippen LogP contribution is 2.36. The molecule has 19 heavy (non-hydrogen) atoms. The lowest BCUT2D eigenvalue weighted by Gasteiger charge is -2.17. The van der Waals surface area contributed by atoms with Crippen molar-refractivity contribution in [1.82, 2.24) is 10.1 Å². The fourth-order valence-corrected chi connectivity index (χ4v) is 2.40. The van der Waals surface area contributed by atoms with E-state index in [9.17, 15) is 4.39 Å². The van der Waals surface area contributed by atoms with Gasteiger partial charge in [0.25, 0.3) is 0 Å². The van der Waals surface area contributed by atoms with Crippen molar-refractivity contribution in [1.29, 1.82) is 0 Å². The summed E-state index contributed by atoms with van der Waals surface area (Å²) in [6, 6.07) is 6.37. The van der Waals surface area contributed by atoms with Gasteiger partial charge in [0.05, 0.1) is 11.1 Å². The second-order valence-electron chi connectivity index (χ2n) is 4.77. The van der Waals surface area contributed by atoms with Crippen LogP contribution >= 0.6 is 12.4 Å². The fourth-order valence-electron chi connectivity index (χ4n) is 2.40. The van der Waals surface area contributed by atoms with Crippen LogP contribution in [0.5, 0.6) is 0 Å². The normalized spacial score (nSPS) is 17.2. The number of hydrogen-bond donors (Lipinski definition) is 1. The van der Waals surface area contributed by atoms with Gasteiger partial charge in [-0.3, -0.25) is 0 Å². The summed E-state index contributed by atoms with van der Waals surface area (Å²) in [5, 5.41) is 3.83. The maximum absolute atomic E-state index is 13.6. The summed E-state index contributed by atoms with van der Waals surface area (Å²) in [7, 11) is 0. The van der Waals surface area contributed by atoms with E-state index in [1.165, 1.54) is 6.07 Å². The van der Waals surface area contributed by atoms with Gasteiger partial charge in [0, 0.05) is 0 Å². The van der Waals surface area contributed by atoms with Crippen LogP contribution in [0, 0.1) is 5.82 Å². The van der Waals surface area contributed by atoms with E-state index in [0.29, 0.717) is 11.5 Å². The van der Waals surface area contributed by atoms with E-state index in [-0.39, 0.29) is 24.0 Å². The summed E-state index contributed by atoms with van der Waals surface area (Å²) in [6.45, 7) is 0. The van der Waals surface area contributed by atoms with Gasteiger partial charge in [-0.1, -0.05) is 30.1 Å². The number of benzene rings is 1. The molecule has 1 aliphatic rings. The maximum Gasteiger partial charge on any atom is 0.247 e. The molecule has 0 radical (unpaired) electrons. The van der Waals surface area contributed by atoms with Gasteiger partial charge in [-0.15, -0.1) is 12.4 Å². The van der Waals surface area contributed by atoms with Crippen LogP contribution in [0.25, 0.3) is 11.4 Å². The standard InChI is InChI=1S/C13H14FN3O.ClH/c14-10-6-2-1-5-9(10)11-16-12(18-17-11)13(15)7-3-4-8-13;/h1-2,5-6H,3-4,7-8,15H2;1H. The number of aromatic nitrogens is 2. The van der Waals surface area contributed by atoms with Crippen molar-refractivity contribution in [3.05, 3.63) is 36.0 Å². The van der Waals surface area contributed by atoms with Crippen LogP contribution in [0.4, 0.5) is 4.39 Å². The molecule has 1 aromatic heterocycles. The van der Waals surface area contributed by atoms with Crippen molar-refractivity contribution in [3.63, 3.8) is 0 Å².